The zero-order valence-electron chi connectivity index (χ0n) is 9.35. The molecular formula is C10H14N4S. The number of nitrogens with zero attached hydrogens (tertiary/aromatic N) is 4. The summed E-state index contributed by atoms with van der Waals surface area (Å²) in [6, 6.07) is 2.16. The lowest BCUT2D eigenvalue weighted by Gasteiger charge is -2.01. The van der Waals surface area contributed by atoms with Crippen LogP contribution in [0, 0.1) is 11.3 Å². The van der Waals surface area contributed by atoms with Crippen molar-refractivity contribution < 1.29 is 0 Å². The van der Waals surface area contributed by atoms with Crippen molar-refractivity contribution in [2.24, 2.45) is 4.99 Å². The van der Waals surface area contributed by atoms with Crippen molar-refractivity contribution in [2.45, 2.75) is 19.8 Å². The van der Waals surface area contributed by atoms with Gasteiger partial charge < -0.3 is 4.90 Å². The summed E-state index contributed by atoms with van der Waals surface area (Å²) >= 11 is 1.27. The number of aliphatic imine (C=N–C) groups is 1. The highest BCUT2D eigenvalue weighted by atomic mass is 32.1. The highest BCUT2D eigenvalue weighted by Crippen LogP contribution is 2.30. The number of hydrogen-bond acceptors (Lipinski definition) is 4. The lowest BCUT2D eigenvalue weighted by molar-refractivity contribution is 0.643. The highest BCUT2D eigenvalue weighted by molar-refractivity contribution is 7.10. The summed E-state index contributed by atoms with van der Waals surface area (Å²) in [4.78, 5) is 6.04. The predicted octanol–water partition coefficient (Wildman–Crippen LogP) is 2.36. The van der Waals surface area contributed by atoms with Gasteiger partial charge >= 0.3 is 0 Å². The van der Waals surface area contributed by atoms with Crippen LogP contribution < -0.4 is 0 Å². The normalized spacial score (nSPS) is 10.9. The minimum absolute atomic E-state index is 0.263. The van der Waals surface area contributed by atoms with Gasteiger partial charge in [-0.15, -0.1) is 0 Å². The Kier molecular flexibility index (Phi) is 3.81. The SMILES string of the molecule is CC(C)c1nsc(/N=C/N(C)C)c1C#N. The molecule has 0 radical (unpaired) electrons. The average molecular weight is 222 g/mol. The second kappa shape index (κ2) is 4.89. The van der Waals surface area contributed by atoms with Gasteiger partial charge in [0.2, 0.25) is 0 Å². The first kappa shape index (κ1) is 11.7. The maximum absolute atomic E-state index is 9.03. The van der Waals surface area contributed by atoms with Crippen LogP contribution in [0.4, 0.5) is 5.00 Å². The van der Waals surface area contributed by atoms with Gasteiger partial charge in [0.15, 0.2) is 5.00 Å². The van der Waals surface area contributed by atoms with Gasteiger partial charge in [-0.2, -0.15) is 9.64 Å². The average Bonchev–Trinajstić information content (AvgIpc) is 2.57. The van der Waals surface area contributed by atoms with Crippen LogP contribution in [0.3, 0.4) is 0 Å². The Hall–Kier alpha value is -1.41. The zero-order valence-corrected chi connectivity index (χ0v) is 10.2. The van der Waals surface area contributed by atoms with Crippen molar-refractivity contribution in [1.82, 2.24) is 9.27 Å². The highest BCUT2D eigenvalue weighted by Gasteiger charge is 2.15. The van der Waals surface area contributed by atoms with Crippen LogP contribution in [-0.2, 0) is 0 Å². The quantitative estimate of drug-likeness (QED) is 0.582. The van der Waals surface area contributed by atoms with E-state index in [1.54, 1.807) is 6.34 Å². The monoisotopic (exact) mass is 222 g/mol. The van der Waals surface area contributed by atoms with Gasteiger partial charge in [0, 0.05) is 14.1 Å². The lowest BCUT2D eigenvalue weighted by atomic mass is 10.1. The van der Waals surface area contributed by atoms with Gasteiger partial charge in [-0.3, -0.25) is 0 Å². The van der Waals surface area contributed by atoms with E-state index in [1.807, 2.05) is 32.8 Å². The molecule has 15 heavy (non-hydrogen) atoms. The van der Waals surface area contributed by atoms with E-state index in [1.165, 1.54) is 11.5 Å². The number of nitriles is 1. The topological polar surface area (TPSA) is 52.3 Å². The Morgan fingerprint density at radius 3 is 2.67 bits per heavy atom. The molecule has 0 atom stereocenters. The molecule has 0 unspecified atom stereocenters. The molecule has 1 rings (SSSR count). The van der Waals surface area contributed by atoms with Crippen molar-refractivity contribution in [1.29, 1.82) is 5.26 Å². The van der Waals surface area contributed by atoms with E-state index in [9.17, 15) is 0 Å². The molecule has 80 valence electrons. The molecule has 0 aliphatic carbocycles. The van der Waals surface area contributed by atoms with E-state index in [0.717, 1.165) is 5.69 Å². The van der Waals surface area contributed by atoms with Crippen molar-refractivity contribution in [2.75, 3.05) is 14.1 Å². The molecule has 0 saturated carbocycles. The molecule has 5 heteroatoms. The van der Waals surface area contributed by atoms with Crippen molar-refractivity contribution >= 4 is 22.9 Å². The second-order valence-electron chi connectivity index (χ2n) is 3.72. The van der Waals surface area contributed by atoms with Gasteiger partial charge in [-0.05, 0) is 17.5 Å². The maximum Gasteiger partial charge on any atom is 0.155 e. The molecule has 4 nitrogen and oxygen atoms in total. The number of hydrogen-bond donors (Lipinski definition) is 0. The molecule has 0 bridgehead atoms. The number of aromatic nitrogens is 1. The fraction of sp³-hybridized carbons (Fsp3) is 0.500. The summed E-state index contributed by atoms with van der Waals surface area (Å²) in [7, 11) is 3.78. The maximum atomic E-state index is 9.03. The predicted molar refractivity (Wildman–Crippen MR) is 62.8 cm³/mol. The third-order valence-electron chi connectivity index (χ3n) is 1.77. The van der Waals surface area contributed by atoms with E-state index < -0.39 is 0 Å². The van der Waals surface area contributed by atoms with Gasteiger partial charge in [0.1, 0.15) is 11.6 Å². The van der Waals surface area contributed by atoms with Gasteiger partial charge in [-0.25, -0.2) is 4.99 Å². The minimum Gasteiger partial charge on any atom is -0.369 e. The Bertz CT molecular complexity index is 398. The fourth-order valence-corrected chi connectivity index (χ4v) is 1.87. The standard InChI is InChI=1S/C10H14N4S/c1-7(2)9-8(5-11)10(15-13-9)12-6-14(3)4/h6-7H,1-4H3/b12-6+. The number of rotatable bonds is 3. The Balaban J connectivity index is 3.06. The fourth-order valence-electron chi connectivity index (χ4n) is 1.05. The summed E-state index contributed by atoms with van der Waals surface area (Å²) in [6.45, 7) is 4.05. The van der Waals surface area contributed by atoms with E-state index in [4.69, 9.17) is 5.26 Å². The van der Waals surface area contributed by atoms with Crippen LogP contribution >= 0.6 is 11.5 Å². The van der Waals surface area contributed by atoms with Gasteiger partial charge in [-0.1, -0.05) is 13.8 Å². The smallest absolute Gasteiger partial charge is 0.155 e. The first-order valence-corrected chi connectivity index (χ1v) is 5.44. The van der Waals surface area contributed by atoms with Gasteiger partial charge in [0.25, 0.3) is 0 Å². The molecule has 0 amide bonds. The van der Waals surface area contributed by atoms with E-state index in [-0.39, 0.29) is 5.92 Å². The molecule has 1 aromatic rings. The summed E-state index contributed by atoms with van der Waals surface area (Å²) in [5.74, 6) is 0.263. The third-order valence-corrected chi connectivity index (χ3v) is 2.54. The van der Waals surface area contributed by atoms with E-state index >= 15 is 0 Å². The minimum atomic E-state index is 0.263. The van der Waals surface area contributed by atoms with Crippen LogP contribution in [0.25, 0.3) is 0 Å². The lowest BCUT2D eigenvalue weighted by Crippen LogP contribution is -2.06. The molecule has 0 aliphatic rings. The molecule has 0 fully saturated rings. The Morgan fingerprint density at radius 1 is 1.53 bits per heavy atom. The molecule has 1 heterocycles. The summed E-state index contributed by atoms with van der Waals surface area (Å²) in [5.41, 5.74) is 1.45. The van der Waals surface area contributed by atoms with Crippen LogP contribution in [0.5, 0.6) is 0 Å². The first-order chi connectivity index (χ1) is 7.06. The first-order valence-electron chi connectivity index (χ1n) is 4.66. The Labute approximate surface area is 94.0 Å². The molecule has 1 aromatic heterocycles. The van der Waals surface area contributed by atoms with E-state index in [2.05, 4.69) is 15.4 Å². The summed E-state index contributed by atoms with van der Waals surface area (Å²) in [5, 5.41) is 9.72. The van der Waals surface area contributed by atoms with Crippen molar-refractivity contribution in [3.8, 4) is 6.07 Å². The molecular weight excluding hydrogens is 208 g/mol. The summed E-state index contributed by atoms with van der Waals surface area (Å²) < 4.78 is 4.25. The summed E-state index contributed by atoms with van der Waals surface area (Å²) in [6.07, 6.45) is 1.68. The third kappa shape index (κ3) is 2.77. The molecule has 0 aliphatic heterocycles. The largest absolute Gasteiger partial charge is 0.369 e. The van der Waals surface area contributed by atoms with Crippen LogP contribution in [0.1, 0.15) is 31.0 Å². The van der Waals surface area contributed by atoms with Crippen molar-refractivity contribution in [3.05, 3.63) is 11.3 Å². The molecule has 0 aromatic carbocycles. The Morgan fingerprint density at radius 2 is 2.20 bits per heavy atom. The van der Waals surface area contributed by atoms with Gasteiger partial charge in [0.05, 0.1) is 12.0 Å². The van der Waals surface area contributed by atoms with Crippen molar-refractivity contribution in [3.63, 3.8) is 0 Å². The molecule has 0 spiro atoms. The molecule has 0 N–H and O–H groups in total. The van der Waals surface area contributed by atoms with Crippen LogP contribution in [-0.4, -0.2) is 29.7 Å². The second-order valence-corrected chi connectivity index (χ2v) is 4.47. The van der Waals surface area contributed by atoms with E-state index in [0.29, 0.717) is 10.6 Å². The van der Waals surface area contributed by atoms with Crippen LogP contribution in [0.2, 0.25) is 0 Å². The van der Waals surface area contributed by atoms with Crippen LogP contribution in [0.15, 0.2) is 4.99 Å². The zero-order chi connectivity index (χ0) is 11.4. The molecule has 0 saturated heterocycles.